The number of aromatic amines is 1. The van der Waals surface area contributed by atoms with Crippen LogP contribution in [0.4, 0.5) is 17.1 Å². The summed E-state index contributed by atoms with van der Waals surface area (Å²) in [5.41, 5.74) is 1.04. The minimum Gasteiger partial charge on any atom is -0.455 e. The number of nitrogens with one attached hydrogen (secondary N) is 3. The molecule has 0 bridgehead atoms. The van der Waals surface area contributed by atoms with Crippen molar-refractivity contribution in [2.75, 3.05) is 62.5 Å². The molecule has 0 saturated carbocycles. The second-order valence-corrected chi connectivity index (χ2v) is 18.1. The summed E-state index contributed by atoms with van der Waals surface area (Å²) in [5, 5.41) is 16.2. The van der Waals surface area contributed by atoms with E-state index in [9.17, 15) is 34.3 Å². The number of H-pyrrole nitrogens is 1. The number of allylic oxidation sites excluding steroid dienone is 1. The lowest BCUT2D eigenvalue weighted by Gasteiger charge is -2.39. The zero-order valence-electron chi connectivity index (χ0n) is 41.5. The van der Waals surface area contributed by atoms with Crippen molar-refractivity contribution in [3.8, 4) is 11.5 Å². The molecule has 0 unspecified atom stereocenters. The van der Waals surface area contributed by atoms with Crippen LogP contribution in [0.2, 0.25) is 5.02 Å². The third-order valence-corrected chi connectivity index (χ3v) is 12.6. The van der Waals surface area contributed by atoms with Gasteiger partial charge in [-0.15, -0.1) is 0 Å². The predicted octanol–water partition coefficient (Wildman–Crippen LogP) is 8.66. The molecule has 8 rings (SSSR count). The van der Waals surface area contributed by atoms with Crippen LogP contribution in [-0.2, 0) is 14.8 Å². The van der Waals surface area contributed by atoms with E-state index in [0.717, 1.165) is 54.3 Å². The third kappa shape index (κ3) is 10.0. The Hall–Kier alpha value is -5.48. The number of hydrogen-bond donors (Lipinski definition) is 3. The molecule has 16 heteroatoms. The maximum atomic E-state index is 14.1. The molecule has 3 aliphatic rings. The van der Waals surface area contributed by atoms with Crippen LogP contribution in [0.25, 0.3) is 16.6 Å². The zero-order valence-corrected chi connectivity index (χ0v) is 35.0. The van der Waals surface area contributed by atoms with E-state index >= 15 is 0 Å². The topological polar surface area (TPSA) is 172 Å². The van der Waals surface area contributed by atoms with Gasteiger partial charge >= 0.3 is 0 Å². The van der Waals surface area contributed by atoms with Gasteiger partial charge in [-0.3, -0.25) is 19.8 Å². The van der Waals surface area contributed by atoms with E-state index in [1.54, 1.807) is 36.5 Å². The summed E-state index contributed by atoms with van der Waals surface area (Å²) >= 11 is 6.19. The minimum absolute atomic E-state index is 0.00227. The summed E-state index contributed by atoms with van der Waals surface area (Å²) in [7, 11) is -4.84. The summed E-state index contributed by atoms with van der Waals surface area (Å²) in [6.45, 7) is -7.96. The van der Waals surface area contributed by atoms with Gasteiger partial charge in [-0.2, -0.15) is 0 Å². The van der Waals surface area contributed by atoms with E-state index in [0.29, 0.717) is 70.4 Å². The molecule has 1 aliphatic carbocycles. The fraction of sp³-hybridized carbons (Fsp3) is 0.378. The summed E-state index contributed by atoms with van der Waals surface area (Å²) in [4.78, 5) is 33.0. The van der Waals surface area contributed by atoms with Crippen LogP contribution >= 0.6 is 11.6 Å². The van der Waals surface area contributed by atoms with Crippen molar-refractivity contribution in [3.63, 3.8) is 0 Å². The summed E-state index contributed by atoms with van der Waals surface area (Å²) in [6, 6.07) is 16.4. The van der Waals surface area contributed by atoms with Gasteiger partial charge in [0.1, 0.15) is 22.8 Å². The molecule has 2 fully saturated rings. The maximum Gasteiger partial charge on any atom is 0.293 e. The van der Waals surface area contributed by atoms with Gasteiger partial charge in [-0.1, -0.05) is 43.2 Å². The molecule has 3 aromatic carbocycles. The quantitative estimate of drug-likeness (QED) is 0.0764. The minimum atomic E-state index is -4.84. The fourth-order valence-corrected chi connectivity index (χ4v) is 8.70. The van der Waals surface area contributed by atoms with E-state index < -0.39 is 81.0 Å². The van der Waals surface area contributed by atoms with Crippen molar-refractivity contribution in [1.29, 1.82) is 0 Å². The number of sulfonamides is 1. The van der Waals surface area contributed by atoms with Crippen molar-refractivity contribution in [3.05, 3.63) is 117 Å². The Morgan fingerprint density at radius 3 is 2.59 bits per heavy atom. The van der Waals surface area contributed by atoms with Crippen LogP contribution in [0.5, 0.6) is 11.5 Å². The molecule has 3 N–H and O–H groups in total. The first-order chi connectivity index (χ1) is 32.3. The van der Waals surface area contributed by atoms with Crippen molar-refractivity contribution in [2.45, 2.75) is 50.8 Å². The third-order valence-electron chi connectivity index (χ3n) is 11.0. The van der Waals surface area contributed by atoms with Gasteiger partial charge in [-0.05, 0) is 103 Å². The molecular formula is C45H50ClN7O7S. The molecule has 0 spiro atoms. The highest BCUT2D eigenvalue weighted by Gasteiger charge is 2.31. The molecule has 2 aliphatic heterocycles. The van der Waals surface area contributed by atoms with Gasteiger partial charge < -0.3 is 24.7 Å². The number of pyridine rings is 1. The lowest BCUT2D eigenvalue weighted by Crippen LogP contribution is -2.47. The number of nitro groups is 1. The Morgan fingerprint density at radius 1 is 1.07 bits per heavy atom. The molecule has 2 saturated heterocycles. The number of piperazine rings is 1. The lowest BCUT2D eigenvalue weighted by atomic mass is 9.72. The second kappa shape index (κ2) is 17.9. The number of amides is 1. The first-order valence-corrected chi connectivity index (χ1v) is 21.7. The number of hydrogen-bond acceptors (Lipinski definition) is 11. The van der Waals surface area contributed by atoms with Crippen LogP contribution in [0, 0.1) is 21.4 Å². The highest BCUT2D eigenvalue weighted by atomic mass is 35.5. The van der Waals surface area contributed by atoms with Crippen LogP contribution in [0.1, 0.15) is 72.8 Å². The fourth-order valence-electron chi connectivity index (χ4n) is 7.58. The Kier molecular flexibility index (Phi) is 9.71. The van der Waals surface area contributed by atoms with Crippen LogP contribution in [0.3, 0.4) is 0 Å². The van der Waals surface area contributed by atoms with Gasteiger partial charge in [0.2, 0.25) is 0 Å². The van der Waals surface area contributed by atoms with Gasteiger partial charge in [0.05, 0.1) is 27.1 Å². The van der Waals surface area contributed by atoms with Gasteiger partial charge in [0.25, 0.3) is 21.6 Å². The average molecular weight is 877 g/mol. The van der Waals surface area contributed by atoms with Gasteiger partial charge in [0.15, 0.2) is 0 Å². The van der Waals surface area contributed by atoms with Crippen molar-refractivity contribution in [2.24, 2.45) is 11.3 Å². The van der Waals surface area contributed by atoms with Gasteiger partial charge in [0, 0.05) is 92.2 Å². The first-order valence-electron chi connectivity index (χ1n) is 23.8. The number of benzene rings is 3. The van der Waals surface area contributed by atoms with Crippen LogP contribution < -0.4 is 19.7 Å². The first kappa shape index (κ1) is 33.2. The average Bonchev–Trinajstić information content (AvgIpc) is 3.75. The molecule has 2 aromatic heterocycles. The zero-order chi connectivity index (χ0) is 49.9. The summed E-state index contributed by atoms with van der Waals surface area (Å²) in [5.74, 6) is -1.61. The lowest BCUT2D eigenvalue weighted by molar-refractivity contribution is -0.384. The number of halogens is 1. The van der Waals surface area contributed by atoms with E-state index in [-0.39, 0.29) is 22.8 Å². The van der Waals surface area contributed by atoms with Crippen molar-refractivity contribution in [1.82, 2.24) is 19.6 Å². The van der Waals surface area contributed by atoms with E-state index in [2.05, 4.69) is 29.1 Å². The molecule has 0 atom stereocenters. The normalized spacial score (nSPS) is 22.9. The number of nitrogens with zero attached hydrogens (tertiary/aromatic N) is 4. The highest BCUT2D eigenvalue weighted by molar-refractivity contribution is 7.90. The Morgan fingerprint density at radius 2 is 1.84 bits per heavy atom. The Balaban J connectivity index is 1.15. The van der Waals surface area contributed by atoms with Crippen LogP contribution in [0.15, 0.2) is 95.7 Å². The SMILES string of the molecule is [2H]C1([2H])N(CC2=C(c3ccc(Cl)cc3)CC(C)(C)CC2)C([2H])([2H])C([2H])([2H])N(c2ccc(C(=O)NS(=O)(=O)c3ccc(NCC4CCOCC4)c([N+](=O)[O-])c3)c(Oc3cnc4[nH]ccc4c3)c2)C1([2H])[2H]. The molecular weight excluding hydrogens is 818 g/mol. The molecule has 14 nitrogen and oxygen atoms in total. The monoisotopic (exact) mass is 875 g/mol. The van der Waals surface area contributed by atoms with E-state index in [4.69, 9.17) is 21.1 Å². The van der Waals surface area contributed by atoms with E-state index in [1.807, 2.05) is 4.72 Å². The van der Waals surface area contributed by atoms with Gasteiger partial charge in [-0.25, -0.2) is 18.1 Å². The molecule has 0 radical (unpaired) electrons. The molecule has 320 valence electrons. The number of carbonyl (C=O) groups is 1. The molecule has 61 heavy (non-hydrogen) atoms. The number of fused-ring (bicyclic) bond motifs is 1. The summed E-state index contributed by atoms with van der Waals surface area (Å²) in [6.07, 6.45) is 5.97. The summed E-state index contributed by atoms with van der Waals surface area (Å²) < 4.78 is 116. The standard InChI is InChI=1S/C45H50ClN7O7S/c1-45(2)15-11-33(39(26-45)31-3-5-34(46)6-4-31)29-51-17-19-52(20-18-51)35-7-9-38(42(24-35)60-36-23-32-12-16-47-43(32)49-28-36)44(54)50-61(57,58)37-8-10-40(41(25-37)53(55)56)48-27-30-13-21-59-22-14-30/h3-10,12,16,23-25,28,30,48H,11,13-15,17-22,26-27,29H2,1-2H3,(H,47,49)(H,50,54)/i17D2,18D2,19D2,20D2. The van der Waals surface area contributed by atoms with Crippen molar-refractivity contribution >= 4 is 61.2 Å². The Bertz CT molecular complexity index is 2920. The maximum absolute atomic E-state index is 14.1. The van der Waals surface area contributed by atoms with E-state index in [1.165, 1.54) is 18.3 Å². The highest BCUT2D eigenvalue weighted by Crippen LogP contribution is 2.43. The molecule has 5 aromatic rings. The number of ether oxygens (including phenoxy) is 2. The largest absolute Gasteiger partial charge is 0.455 e. The Labute approximate surface area is 371 Å². The predicted molar refractivity (Wildman–Crippen MR) is 237 cm³/mol. The van der Waals surface area contributed by atoms with Crippen molar-refractivity contribution < 1.29 is 38.6 Å². The number of nitro benzene ring substituents is 1. The number of carbonyl (C=O) groups excluding carboxylic acids is 1. The second-order valence-electron chi connectivity index (χ2n) is 16.0. The number of rotatable bonds is 13. The molecule has 4 heterocycles. The smallest absolute Gasteiger partial charge is 0.293 e. The number of aromatic nitrogens is 2. The molecule has 1 amide bonds. The van der Waals surface area contributed by atoms with Crippen LogP contribution in [-0.4, -0.2) is 86.4 Å². The number of anilines is 2.